The van der Waals surface area contributed by atoms with Crippen LogP contribution in [-0.4, -0.2) is 35.8 Å². The lowest BCUT2D eigenvalue weighted by Gasteiger charge is -2.06. The summed E-state index contributed by atoms with van der Waals surface area (Å²) in [6.45, 7) is 0. The van der Waals surface area contributed by atoms with Crippen LogP contribution in [0.15, 0.2) is 60.7 Å². The lowest BCUT2D eigenvalue weighted by molar-refractivity contribution is -0.108. The van der Waals surface area contributed by atoms with Crippen molar-refractivity contribution in [2.24, 2.45) is 0 Å². The Morgan fingerprint density at radius 3 is 2.08 bits per heavy atom. The van der Waals surface area contributed by atoms with Gasteiger partial charge in [-0.3, -0.25) is 0 Å². The quantitative estimate of drug-likeness (QED) is 0.483. The summed E-state index contributed by atoms with van der Waals surface area (Å²) in [6.07, 6.45) is 12.4. The van der Waals surface area contributed by atoms with Crippen LogP contribution < -0.4 is 4.74 Å². The summed E-state index contributed by atoms with van der Waals surface area (Å²) in [7, 11) is 1.64. The summed E-state index contributed by atoms with van der Waals surface area (Å²) in [5.74, 6) is 0.827. The molecule has 0 amide bonds. The fraction of sp³-hybridized carbons (Fsp3) is 0.350. The minimum atomic E-state index is -0.598. The van der Waals surface area contributed by atoms with Crippen molar-refractivity contribution in [2.45, 2.75) is 37.9 Å². The average molecular weight is 330 g/mol. The van der Waals surface area contributed by atoms with Gasteiger partial charge >= 0.3 is 0 Å². The molecule has 130 valence electrons. The first-order valence-corrected chi connectivity index (χ1v) is 8.10. The Hall–Kier alpha value is -2.17. The molecule has 1 aromatic carbocycles. The van der Waals surface area contributed by atoms with E-state index in [9.17, 15) is 15.0 Å². The molecule has 0 aromatic heterocycles. The van der Waals surface area contributed by atoms with E-state index in [1.54, 1.807) is 43.6 Å². The van der Waals surface area contributed by atoms with Crippen molar-refractivity contribution < 1.29 is 19.7 Å². The van der Waals surface area contributed by atoms with Crippen LogP contribution in [0.2, 0.25) is 0 Å². The predicted molar refractivity (Wildman–Crippen MR) is 96.0 cm³/mol. The number of allylic oxidation sites excluding steroid dienone is 4. The van der Waals surface area contributed by atoms with E-state index in [-0.39, 0.29) is 0 Å². The van der Waals surface area contributed by atoms with Gasteiger partial charge in [-0.15, -0.1) is 0 Å². The van der Waals surface area contributed by atoms with Crippen LogP contribution in [0.3, 0.4) is 0 Å². The summed E-state index contributed by atoms with van der Waals surface area (Å²) < 4.78 is 5.11. The van der Waals surface area contributed by atoms with Gasteiger partial charge in [0.2, 0.25) is 0 Å². The molecule has 0 aliphatic carbocycles. The second kappa shape index (κ2) is 12.3. The maximum Gasteiger partial charge on any atom is 0.120 e. The highest BCUT2D eigenvalue weighted by Crippen LogP contribution is 2.13. The smallest absolute Gasteiger partial charge is 0.120 e. The fourth-order valence-electron chi connectivity index (χ4n) is 2.05. The Bertz CT molecular complexity index is 543. The summed E-state index contributed by atoms with van der Waals surface area (Å²) in [4.78, 5) is 10.2. The second-order valence-corrected chi connectivity index (χ2v) is 5.42. The van der Waals surface area contributed by atoms with Gasteiger partial charge in [-0.2, -0.15) is 0 Å². The number of hydrogen-bond donors (Lipinski definition) is 2. The van der Waals surface area contributed by atoms with Crippen molar-refractivity contribution >= 4 is 6.29 Å². The van der Waals surface area contributed by atoms with Gasteiger partial charge in [-0.05, 0) is 37.0 Å². The Balaban J connectivity index is 2.26. The topological polar surface area (TPSA) is 66.8 Å². The Morgan fingerprint density at radius 1 is 0.958 bits per heavy atom. The van der Waals surface area contributed by atoms with Crippen LogP contribution in [0.5, 0.6) is 5.75 Å². The summed E-state index contributed by atoms with van der Waals surface area (Å²) in [6, 6.07) is 7.82. The van der Waals surface area contributed by atoms with Crippen molar-refractivity contribution in [3.05, 3.63) is 66.3 Å². The Kier molecular flexibility index (Phi) is 10.2. The third-order valence-electron chi connectivity index (χ3n) is 3.47. The number of aliphatic hydroxyl groups is 2. The van der Waals surface area contributed by atoms with Crippen molar-refractivity contribution in [3.63, 3.8) is 0 Å². The maximum atomic E-state index is 10.2. The Labute approximate surface area is 143 Å². The van der Waals surface area contributed by atoms with Crippen LogP contribution in [0.25, 0.3) is 0 Å². The van der Waals surface area contributed by atoms with E-state index in [0.717, 1.165) is 24.0 Å². The summed E-state index contributed by atoms with van der Waals surface area (Å²) in [5.41, 5.74) is 1.16. The van der Waals surface area contributed by atoms with Gasteiger partial charge in [0.15, 0.2) is 0 Å². The highest BCUT2D eigenvalue weighted by molar-refractivity contribution is 5.49. The largest absolute Gasteiger partial charge is 0.497 e. The molecule has 0 heterocycles. The number of methoxy groups -OCH3 is 1. The molecule has 0 aliphatic rings. The lowest BCUT2D eigenvalue weighted by atomic mass is 10.1. The van der Waals surface area contributed by atoms with Crippen molar-refractivity contribution in [1.29, 1.82) is 0 Å². The average Bonchev–Trinajstić information content (AvgIpc) is 2.61. The molecule has 1 aromatic rings. The van der Waals surface area contributed by atoms with Gasteiger partial charge in [-0.1, -0.05) is 48.6 Å². The Morgan fingerprint density at radius 2 is 1.54 bits per heavy atom. The molecule has 2 N–H and O–H groups in total. The number of hydrogen-bond acceptors (Lipinski definition) is 4. The van der Waals surface area contributed by atoms with Crippen LogP contribution in [0.4, 0.5) is 0 Å². The van der Waals surface area contributed by atoms with E-state index in [0.29, 0.717) is 19.3 Å². The molecule has 4 nitrogen and oxygen atoms in total. The number of carbonyl (C=O) groups excluding carboxylic acids is 1. The van der Waals surface area contributed by atoms with Gasteiger partial charge in [0.05, 0.1) is 19.3 Å². The normalized spacial score (nSPS) is 14.5. The van der Waals surface area contributed by atoms with Crippen LogP contribution >= 0.6 is 0 Å². The van der Waals surface area contributed by atoms with E-state index in [2.05, 4.69) is 0 Å². The molecule has 0 bridgehead atoms. The third kappa shape index (κ3) is 9.08. The molecule has 0 fully saturated rings. The molecule has 0 radical (unpaired) electrons. The number of aldehydes is 1. The van der Waals surface area contributed by atoms with E-state index in [1.807, 2.05) is 24.3 Å². The number of rotatable bonds is 11. The molecule has 1 rings (SSSR count). The molecular weight excluding hydrogens is 304 g/mol. The SMILES string of the molecule is COc1ccc(CCC(O)C=CC=CC=CC(O)CCC=O)cc1. The predicted octanol–water partition coefficient (Wildman–Crippen LogP) is 3.00. The van der Waals surface area contributed by atoms with E-state index in [1.165, 1.54) is 0 Å². The molecule has 0 spiro atoms. The number of benzene rings is 1. The summed E-state index contributed by atoms with van der Waals surface area (Å²) in [5, 5.41) is 19.4. The van der Waals surface area contributed by atoms with E-state index < -0.39 is 12.2 Å². The zero-order valence-electron chi connectivity index (χ0n) is 14.0. The highest BCUT2D eigenvalue weighted by atomic mass is 16.5. The molecule has 0 saturated carbocycles. The van der Waals surface area contributed by atoms with Crippen LogP contribution in [0.1, 0.15) is 24.8 Å². The van der Waals surface area contributed by atoms with E-state index >= 15 is 0 Å². The van der Waals surface area contributed by atoms with Crippen molar-refractivity contribution in [1.82, 2.24) is 0 Å². The minimum Gasteiger partial charge on any atom is -0.497 e. The molecule has 4 heteroatoms. The zero-order chi connectivity index (χ0) is 17.6. The van der Waals surface area contributed by atoms with Crippen LogP contribution in [0, 0.1) is 0 Å². The van der Waals surface area contributed by atoms with Crippen molar-refractivity contribution in [3.8, 4) is 5.75 Å². The molecular formula is C20H26O4. The molecule has 2 atom stereocenters. The standard InChI is InChI=1S/C20H26O4/c1-24-20-14-11-17(12-15-20)10-13-19(23)8-5-3-2-4-7-18(22)9-6-16-21/h2-5,7-8,11-12,14-16,18-19,22-23H,6,9-10,13H2,1H3. The second-order valence-electron chi connectivity index (χ2n) is 5.42. The highest BCUT2D eigenvalue weighted by Gasteiger charge is 2.00. The van der Waals surface area contributed by atoms with Gasteiger partial charge < -0.3 is 19.7 Å². The first kappa shape index (κ1) is 19.9. The molecule has 24 heavy (non-hydrogen) atoms. The first-order valence-electron chi connectivity index (χ1n) is 8.10. The molecule has 0 saturated heterocycles. The number of aryl methyl sites for hydroxylation is 1. The monoisotopic (exact) mass is 330 g/mol. The van der Waals surface area contributed by atoms with Gasteiger partial charge in [-0.25, -0.2) is 0 Å². The van der Waals surface area contributed by atoms with Gasteiger partial charge in [0.1, 0.15) is 12.0 Å². The number of ether oxygens (including phenoxy) is 1. The zero-order valence-corrected chi connectivity index (χ0v) is 14.0. The summed E-state index contributed by atoms with van der Waals surface area (Å²) >= 11 is 0. The first-order chi connectivity index (χ1) is 11.7. The fourth-order valence-corrected chi connectivity index (χ4v) is 2.05. The van der Waals surface area contributed by atoms with Gasteiger partial charge in [0.25, 0.3) is 0 Å². The number of aliphatic hydroxyl groups excluding tert-OH is 2. The van der Waals surface area contributed by atoms with Crippen LogP contribution in [-0.2, 0) is 11.2 Å². The third-order valence-corrected chi connectivity index (χ3v) is 3.47. The molecule has 2 unspecified atom stereocenters. The van der Waals surface area contributed by atoms with Gasteiger partial charge in [0, 0.05) is 6.42 Å². The van der Waals surface area contributed by atoms with Crippen molar-refractivity contribution in [2.75, 3.05) is 7.11 Å². The minimum absolute atomic E-state index is 0.357. The lowest BCUT2D eigenvalue weighted by Crippen LogP contribution is -2.03. The maximum absolute atomic E-state index is 10.2. The van der Waals surface area contributed by atoms with E-state index in [4.69, 9.17) is 4.74 Å². The molecule has 0 aliphatic heterocycles. The number of carbonyl (C=O) groups is 1.